The first-order valence-corrected chi connectivity index (χ1v) is 18.4. The normalized spacial score (nSPS) is 12.6. The third-order valence-electron chi connectivity index (χ3n) is 10.0. The van der Waals surface area contributed by atoms with Crippen molar-refractivity contribution in [3.63, 3.8) is 0 Å². The van der Waals surface area contributed by atoms with Gasteiger partial charge in [0.05, 0.1) is 5.52 Å². The van der Waals surface area contributed by atoms with E-state index in [4.69, 9.17) is 9.57 Å². The van der Waals surface area contributed by atoms with Gasteiger partial charge in [-0.2, -0.15) is 0 Å². The summed E-state index contributed by atoms with van der Waals surface area (Å²) in [6.07, 6.45) is 1.70. The van der Waals surface area contributed by atoms with Crippen molar-refractivity contribution in [2.24, 2.45) is 11.1 Å². The second kappa shape index (κ2) is 16.1. The molecule has 0 fully saturated rings. The number of rotatable bonds is 14. The number of aromatic nitrogens is 1. The van der Waals surface area contributed by atoms with Gasteiger partial charge in [0.15, 0.2) is 5.78 Å². The van der Waals surface area contributed by atoms with Gasteiger partial charge in [-0.15, -0.1) is 0 Å². The van der Waals surface area contributed by atoms with Gasteiger partial charge < -0.3 is 14.1 Å². The van der Waals surface area contributed by atoms with Crippen LogP contribution in [0.4, 0.5) is 8.78 Å². The van der Waals surface area contributed by atoms with Crippen LogP contribution in [0, 0.1) is 26.7 Å². The van der Waals surface area contributed by atoms with E-state index in [0.29, 0.717) is 28.2 Å². The van der Waals surface area contributed by atoms with Crippen LogP contribution >= 0.6 is 0 Å². The number of alkyl halides is 2. The van der Waals surface area contributed by atoms with Crippen molar-refractivity contribution in [1.82, 2.24) is 4.57 Å². The lowest BCUT2D eigenvalue weighted by molar-refractivity contribution is -0.140. The predicted molar refractivity (Wildman–Crippen MR) is 210 cm³/mol. The SMILES string of the molecule is CCCCC(CC)Cn1c2ccc(/C(=N/OC(C)=O)c3ccccc3OCC(F)F)cc2c2cc(C(=O)c3c(C)cc(C)cc3C)c3ccccc3c21. The summed E-state index contributed by atoms with van der Waals surface area (Å²) in [6.45, 7) is 11.7. The van der Waals surface area contributed by atoms with Crippen molar-refractivity contribution < 1.29 is 27.9 Å². The molecular weight excluding hydrogens is 671 g/mol. The summed E-state index contributed by atoms with van der Waals surface area (Å²) < 4.78 is 34.4. The monoisotopic (exact) mass is 716 g/mol. The molecule has 274 valence electrons. The Morgan fingerprint density at radius 3 is 2.19 bits per heavy atom. The third kappa shape index (κ3) is 7.73. The maximum Gasteiger partial charge on any atom is 0.332 e. The van der Waals surface area contributed by atoms with Crippen LogP contribution in [0.15, 0.2) is 90.1 Å². The molecule has 6 aromatic rings. The summed E-state index contributed by atoms with van der Waals surface area (Å²) in [5.41, 5.74) is 7.56. The summed E-state index contributed by atoms with van der Waals surface area (Å²) in [4.78, 5) is 31.9. The molecule has 0 N–H and O–H groups in total. The molecule has 1 aromatic heterocycles. The minimum Gasteiger partial charge on any atom is -0.487 e. The van der Waals surface area contributed by atoms with E-state index < -0.39 is 19.0 Å². The zero-order chi connectivity index (χ0) is 37.8. The van der Waals surface area contributed by atoms with Crippen molar-refractivity contribution in [2.45, 2.75) is 80.2 Å². The predicted octanol–water partition coefficient (Wildman–Crippen LogP) is 11.3. The maximum absolute atomic E-state index is 14.7. The third-order valence-corrected chi connectivity index (χ3v) is 10.0. The van der Waals surface area contributed by atoms with Crippen LogP contribution < -0.4 is 4.74 Å². The van der Waals surface area contributed by atoms with E-state index in [1.807, 2.05) is 75.4 Å². The molecule has 53 heavy (non-hydrogen) atoms. The molecule has 1 heterocycles. The quantitative estimate of drug-likeness (QED) is 0.0487. The first-order valence-electron chi connectivity index (χ1n) is 18.4. The molecule has 0 saturated heterocycles. The number of oxime groups is 1. The molecule has 0 spiro atoms. The molecule has 5 aromatic carbocycles. The Balaban J connectivity index is 1.66. The average molecular weight is 717 g/mol. The second-order valence-corrected chi connectivity index (χ2v) is 13.9. The number of halogens is 2. The number of hydrogen-bond acceptors (Lipinski definition) is 5. The van der Waals surface area contributed by atoms with Crippen molar-refractivity contribution in [2.75, 3.05) is 6.61 Å². The highest BCUT2D eigenvalue weighted by molar-refractivity contribution is 6.27. The molecular formula is C45H46F2N2O4. The molecule has 0 bridgehead atoms. The van der Waals surface area contributed by atoms with E-state index in [1.54, 1.807) is 24.3 Å². The lowest BCUT2D eigenvalue weighted by Gasteiger charge is -2.19. The van der Waals surface area contributed by atoms with E-state index in [0.717, 1.165) is 81.5 Å². The Morgan fingerprint density at radius 1 is 0.811 bits per heavy atom. The number of para-hydroxylation sites is 1. The molecule has 0 aliphatic rings. The number of fused-ring (bicyclic) bond motifs is 5. The molecule has 1 unspecified atom stereocenters. The Labute approximate surface area is 309 Å². The summed E-state index contributed by atoms with van der Waals surface area (Å²) in [5.74, 6) is -0.0381. The number of nitrogens with zero attached hydrogens (tertiary/aromatic N) is 2. The fourth-order valence-corrected chi connectivity index (χ4v) is 7.65. The summed E-state index contributed by atoms with van der Waals surface area (Å²) in [6, 6.07) is 26.9. The minimum absolute atomic E-state index is 0.0354. The maximum atomic E-state index is 14.7. The molecule has 0 amide bonds. The smallest absolute Gasteiger partial charge is 0.332 e. The van der Waals surface area contributed by atoms with Crippen LogP contribution in [0.3, 0.4) is 0 Å². The second-order valence-electron chi connectivity index (χ2n) is 13.9. The van der Waals surface area contributed by atoms with E-state index in [9.17, 15) is 18.4 Å². The zero-order valence-electron chi connectivity index (χ0n) is 31.3. The van der Waals surface area contributed by atoms with E-state index in [-0.39, 0.29) is 17.2 Å². The Bertz CT molecular complexity index is 2330. The van der Waals surface area contributed by atoms with Gasteiger partial charge in [0, 0.05) is 57.4 Å². The van der Waals surface area contributed by atoms with Crippen molar-refractivity contribution >= 4 is 50.0 Å². The molecule has 6 rings (SSSR count). The fourth-order valence-electron chi connectivity index (χ4n) is 7.65. The van der Waals surface area contributed by atoms with Crippen LogP contribution in [-0.4, -0.2) is 35.1 Å². The van der Waals surface area contributed by atoms with Gasteiger partial charge in [0.2, 0.25) is 0 Å². The highest BCUT2D eigenvalue weighted by atomic mass is 19.3. The highest BCUT2D eigenvalue weighted by Gasteiger charge is 2.24. The topological polar surface area (TPSA) is 69.9 Å². The standard InChI is InChI=1S/C45H46F2N2O4/c1-7-9-14-31(8-2)25-49-39-20-19-32(43(48-53-30(6)50)35-17-12-13-18-40(35)52-26-41(46)47)23-36(39)37-24-38(33-15-10-11-16-34(33)44(37)49)45(51)42-28(4)21-27(3)22-29(42)5/h10-13,15-24,31,41H,7-9,14,25-26H2,1-6H3/b48-43-. The fraction of sp³-hybridized carbons (Fsp3) is 0.311. The van der Waals surface area contributed by atoms with Gasteiger partial charge in [0.1, 0.15) is 18.1 Å². The zero-order valence-corrected chi connectivity index (χ0v) is 31.3. The van der Waals surface area contributed by atoms with Crippen LogP contribution in [-0.2, 0) is 16.2 Å². The molecule has 0 aliphatic heterocycles. The van der Waals surface area contributed by atoms with Crippen molar-refractivity contribution in [3.8, 4) is 5.75 Å². The van der Waals surface area contributed by atoms with Gasteiger partial charge in [-0.25, -0.2) is 13.6 Å². The van der Waals surface area contributed by atoms with Gasteiger partial charge in [0.25, 0.3) is 6.43 Å². The number of carbonyl (C=O) groups excluding carboxylic acids is 2. The number of hydrogen-bond donors (Lipinski definition) is 0. The molecule has 0 saturated carbocycles. The number of carbonyl (C=O) groups is 2. The molecule has 1 atom stereocenters. The number of benzene rings is 5. The summed E-state index contributed by atoms with van der Waals surface area (Å²) in [7, 11) is 0. The number of ketones is 1. The van der Waals surface area contributed by atoms with E-state index >= 15 is 0 Å². The van der Waals surface area contributed by atoms with E-state index in [1.165, 1.54) is 6.92 Å². The first kappa shape index (κ1) is 37.4. The molecule has 0 radical (unpaired) electrons. The Kier molecular flexibility index (Phi) is 11.4. The largest absolute Gasteiger partial charge is 0.487 e. The number of ether oxygens (including phenoxy) is 1. The van der Waals surface area contributed by atoms with Gasteiger partial charge in [-0.05, 0) is 80.0 Å². The van der Waals surface area contributed by atoms with E-state index in [2.05, 4.69) is 29.6 Å². The van der Waals surface area contributed by atoms with Crippen LogP contribution in [0.5, 0.6) is 5.75 Å². The number of unbranched alkanes of at least 4 members (excludes halogenated alkanes) is 1. The Morgan fingerprint density at radius 2 is 1.51 bits per heavy atom. The lowest BCUT2D eigenvalue weighted by Crippen LogP contribution is -2.12. The van der Waals surface area contributed by atoms with Crippen molar-refractivity contribution in [1.29, 1.82) is 0 Å². The molecule has 8 heteroatoms. The van der Waals surface area contributed by atoms with Crippen LogP contribution in [0.2, 0.25) is 0 Å². The van der Waals surface area contributed by atoms with Crippen molar-refractivity contribution in [3.05, 3.63) is 124 Å². The minimum atomic E-state index is -2.68. The lowest BCUT2D eigenvalue weighted by atomic mass is 9.89. The summed E-state index contributed by atoms with van der Waals surface area (Å²) >= 11 is 0. The molecule has 0 aliphatic carbocycles. The Hall–Kier alpha value is -5.37. The number of aryl methyl sites for hydroxylation is 3. The molecule has 6 nitrogen and oxygen atoms in total. The van der Waals surface area contributed by atoms with Crippen LogP contribution in [0.1, 0.15) is 90.2 Å². The average Bonchev–Trinajstić information content (AvgIpc) is 3.44. The first-order chi connectivity index (χ1) is 25.5. The summed E-state index contributed by atoms with van der Waals surface area (Å²) in [5, 5.41) is 7.91. The van der Waals surface area contributed by atoms with Gasteiger partial charge in [-0.1, -0.05) is 98.4 Å². The highest BCUT2D eigenvalue weighted by Crippen LogP contribution is 2.39. The van der Waals surface area contributed by atoms with Gasteiger partial charge in [-0.3, -0.25) is 4.79 Å². The van der Waals surface area contributed by atoms with Crippen LogP contribution in [0.25, 0.3) is 32.6 Å². The van der Waals surface area contributed by atoms with Gasteiger partial charge >= 0.3 is 5.97 Å².